The maximum Gasteiger partial charge on any atom is 0.330 e. The van der Waals surface area contributed by atoms with E-state index in [0.717, 1.165) is 40.6 Å². The molecule has 1 aromatic heterocycles. The number of carbonyl (C=O) groups excluding carboxylic acids is 2. The summed E-state index contributed by atoms with van der Waals surface area (Å²) < 4.78 is 16.1. The number of esters is 1. The number of thiazole rings is 1. The van der Waals surface area contributed by atoms with E-state index < -0.39 is 5.97 Å². The van der Waals surface area contributed by atoms with Crippen LogP contribution in [0.25, 0.3) is 11.3 Å². The number of hydrogen-bond donors (Lipinski definition) is 0. The number of rotatable bonds is 5. The van der Waals surface area contributed by atoms with Crippen molar-refractivity contribution >= 4 is 23.2 Å². The Labute approximate surface area is 179 Å². The summed E-state index contributed by atoms with van der Waals surface area (Å²) in [5, 5.41) is 3.16. The fourth-order valence-electron chi connectivity index (χ4n) is 3.59. The summed E-state index contributed by atoms with van der Waals surface area (Å²) in [6, 6.07) is 5.91. The van der Waals surface area contributed by atoms with E-state index >= 15 is 0 Å². The predicted molar refractivity (Wildman–Crippen MR) is 113 cm³/mol. The van der Waals surface area contributed by atoms with Gasteiger partial charge in [-0.2, -0.15) is 0 Å². The Morgan fingerprint density at radius 3 is 2.73 bits per heavy atom. The summed E-state index contributed by atoms with van der Waals surface area (Å²) in [7, 11) is 0. The SMILES string of the molecule is CCOC(=O)C=CC(=O)N1CCC(c2nc(-c3ccc4c(c3)OCCO4)cs2)CC1. The topological polar surface area (TPSA) is 78.0 Å². The molecule has 1 amide bonds. The summed E-state index contributed by atoms with van der Waals surface area (Å²) in [4.78, 5) is 30.2. The molecule has 0 N–H and O–H groups in total. The number of ether oxygens (including phenoxy) is 3. The average Bonchev–Trinajstić information content (AvgIpc) is 3.28. The first-order valence-electron chi connectivity index (χ1n) is 10.1. The van der Waals surface area contributed by atoms with E-state index in [1.807, 2.05) is 18.2 Å². The lowest BCUT2D eigenvalue weighted by atomic mass is 9.97. The number of aromatic nitrogens is 1. The maximum atomic E-state index is 12.3. The van der Waals surface area contributed by atoms with Gasteiger partial charge in [0, 0.05) is 42.1 Å². The number of nitrogens with zero attached hydrogens (tertiary/aromatic N) is 2. The van der Waals surface area contributed by atoms with E-state index in [1.165, 1.54) is 12.2 Å². The van der Waals surface area contributed by atoms with Crippen LogP contribution in [0.4, 0.5) is 0 Å². The molecule has 0 bridgehead atoms. The van der Waals surface area contributed by atoms with E-state index in [9.17, 15) is 9.59 Å². The minimum atomic E-state index is -0.491. The third kappa shape index (κ3) is 4.64. The lowest BCUT2D eigenvalue weighted by Crippen LogP contribution is -2.37. The van der Waals surface area contributed by atoms with Gasteiger partial charge >= 0.3 is 5.97 Å². The third-order valence-corrected chi connectivity index (χ3v) is 6.17. The number of fused-ring (bicyclic) bond motifs is 1. The monoisotopic (exact) mass is 428 g/mol. The molecule has 8 heteroatoms. The Balaban J connectivity index is 1.35. The molecule has 2 aliphatic heterocycles. The highest BCUT2D eigenvalue weighted by atomic mass is 32.1. The zero-order valence-corrected chi connectivity index (χ0v) is 17.7. The minimum Gasteiger partial charge on any atom is -0.486 e. The van der Waals surface area contributed by atoms with Gasteiger partial charge in [0.2, 0.25) is 5.91 Å². The molecule has 0 aliphatic carbocycles. The zero-order valence-electron chi connectivity index (χ0n) is 16.8. The van der Waals surface area contributed by atoms with Crippen LogP contribution in [0.3, 0.4) is 0 Å². The summed E-state index contributed by atoms with van der Waals surface area (Å²) in [6.07, 6.45) is 4.19. The number of likely N-dealkylation sites (tertiary alicyclic amines) is 1. The first-order valence-corrected chi connectivity index (χ1v) is 11.0. The molecule has 1 aromatic carbocycles. The molecule has 30 heavy (non-hydrogen) atoms. The van der Waals surface area contributed by atoms with E-state index in [-0.39, 0.29) is 5.91 Å². The van der Waals surface area contributed by atoms with Gasteiger partial charge in [-0.1, -0.05) is 0 Å². The molecular formula is C22H24N2O5S. The number of amides is 1. The van der Waals surface area contributed by atoms with Gasteiger partial charge in [0.1, 0.15) is 13.2 Å². The molecule has 0 saturated carbocycles. The highest BCUT2D eigenvalue weighted by Crippen LogP contribution is 2.37. The number of piperidine rings is 1. The second-order valence-electron chi connectivity index (χ2n) is 7.11. The highest BCUT2D eigenvalue weighted by Gasteiger charge is 2.25. The fourth-order valence-corrected chi connectivity index (χ4v) is 4.59. The van der Waals surface area contributed by atoms with Crippen LogP contribution in [0, 0.1) is 0 Å². The van der Waals surface area contributed by atoms with Crippen LogP contribution in [-0.4, -0.2) is 54.7 Å². The van der Waals surface area contributed by atoms with Crippen molar-refractivity contribution in [1.82, 2.24) is 9.88 Å². The summed E-state index contributed by atoms with van der Waals surface area (Å²) in [5.41, 5.74) is 1.95. The van der Waals surface area contributed by atoms with Crippen molar-refractivity contribution in [2.45, 2.75) is 25.7 Å². The summed E-state index contributed by atoms with van der Waals surface area (Å²) in [5.74, 6) is 1.22. The van der Waals surface area contributed by atoms with Crippen LogP contribution in [0.1, 0.15) is 30.7 Å². The Bertz CT molecular complexity index is 947. The normalized spacial score (nSPS) is 16.6. The number of benzene rings is 1. The van der Waals surface area contributed by atoms with Crippen molar-refractivity contribution in [2.75, 3.05) is 32.9 Å². The molecule has 158 valence electrons. The van der Waals surface area contributed by atoms with Gasteiger partial charge in [-0.15, -0.1) is 11.3 Å². The fraction of sp³-hybridized carbons (Fsp3) is 0.409. The third-order valence-electron chi connectivity index (χ3n) is 5.16. The van der Waals surface area contributed by atoms with E-state index in [4.69, 9.17) is 19.2 Å². The first-order chi connectivity index (χ1) is 14.6. The summed E-state index contributed by atoms with van der Waals surface area (Å²) >= 11 is 1.66. The van der Waals surface area contributed by atoms with Crippen molar-refractivity contribution in [1.29, 1.82) is 0 Å². The van der Waals surface area contributed by atoms with Gasteiger partial charge in [-0.05, 0) is 38.0 Å². The lowest BCUT2D eigenvalue weighted by molar-refractivity contribution is -0.137. The molecule has 3 heterocycles. The van der Waals surface area contributed by atoms with Crippen LogP contribution in [-0.2, 0) is 14.3 Å². The van der Waals surface area contributed by atoms with Crippen LogP contribution in [0.5, 0.6) is 11.5 Å². The second kappa shape index (κ2) is 9.30. The van der Waals surface area contributed by atoms with E-state index in [0.29, 0.717) is 38.8 Å². The van der Waals surface area contributed by atoms with Gasteiger partial charge in [-0.25, -0.2) is 9.78 Å². The maximum absolute atomic E-state index is 12.3. The van der Waals surface area contributed by atoms with Crippen molar-refractivity contribution in [3.8, 4) is 22.8 Å². The lowest BCUT2D eigenvalue weighted by Gasteiger charge is -2.30. The minimum absolute atomic E-state index is 0.155. The van der Waals surface area contributed by atoms with E-state index in [2.05, 4.69) is 5.38 Å². The van der Waals surface area contributed by atoms with Crippen LogP contribution >= 0.6 is 11.3 Å². The molecule has 0 spiro atoms. The van der Waals surface area contributed by atoms with Crippen LogP contribution in [0.2, 0.25) is 0 Å². The Hall–Kier alpha value is -2.87. The molecule has 0 radical (unpaired) electrons. The van der Waals surface area contributed by atoms with Crippen LogP contribution < -0.4 is 9.47 Å². The first kappa shape index (κ1) is 20.4. The van der Waals surface area contributed by atoms with Gasteiger partial charge < -0.3 is 19.1 Å². The van der Waals surface area contributed by atoms with Crippen molar-refractivity contribution in [2.24, 2.45) is 0 Å². The molecule has 1 saturated heterocycles. The largest absolute Gasteiger partial charge is 0.486 e. The van der Waals surface area contributed by atoms with Crippen LogP contribution in [0.15, 0.2) is 35.7 Å². The molecule has 2 aromatic rings. The van der Waals surface area contributed by atoms with Gasteiger partial charge in [0.25, 0.3) is 0 Å². The van der Waals surface area contributed by atoms with Gasteiger partial charge in [0.15, 0.2) is 11.5 Å². The Morgan fingerprint density at radius 1 is 1.20 bits per heavy atom. The van der Waals surface area contributed by atoms with Gasteiger partial charge in [-0.3, -0.25) is 4.79 Å². The van der Waals surface area contributed by atoms with Crippen molar-refractivity contribution < 1.29 is 23.8 Å². The molecule has 0 atom stereocenters. The average molecular weight is 429 g/mol. The predicted octanol–water partition coefficient (Wildman–Crippen LogP) is 3.41. The van der Waals surface area contributed by atoms with Crippen molar-refractivity contribution in [3.63, 3.8) is 0 Å². The highest BCUT2D eigenvalue weighted by molar-refractivity contribution is 7.10. The number of carbonyl (C=O) groups is 2. The second-order valence-corrected chi connectivity index (χ2v) is 8.00. The standard InChI is InChI=1S/C22H24N2O5S/c1-2-27-21(26)6-5-20(25)24-9-7-15(8-10-24)22-23-17(14-30-22)16-3-4-18-19(13-16)29-12-11-28-18/h3-6,13-15H,2,7-12H2,1H3. The molecule has 0 unspecified atom stereocenters. The molecular weight excluding hydrogens is 404 g/mol. The smallest absolute Gasteiger partial charge is 0.330 e. The molecule has 7 nitrogen and oxygen atoms in total. The van der Waals surface area contributed by atoms with Crippen molar-refractivity contribution in [3.05, 3.63) is 40.7 Å². The molecule has 2 aliphatic rings. The zero-order chi connectivity index (χ0) is 20.9. The molecule has 4 rings (SSSR count). The molecule has 1 fully saturated rings. The quantitative estimate of drug-likeness (QED) is 0.537. The number of hydrogen-bond acceptors (Lipinski definition) is 7. The Morgan fingerprint density at radius 2 is 1.97 bits per heavy atom. The summed E-state index contributed by atoms with van der Waals surface area (Å²) in [6.45, 7) is 4.46. The van der Waals surface area contributed by atoms with Gasteiger partial charge in [0.05, 0.1) is 17.3 Å². The Kier molecular flexibility index (Phi) is 6.32. The van der Waals surface area contributed by atoms with E-state index in [1.54, 1.807) is 23.2 Å².